The van der Waals surface area contributed by atoms with Crippen LogP contribution >= 0.6 is 0 Å². The van der Waals surface area contributed by atoms with Gasteiger partial charge in [-0.3, -0.25) is 4.79 Å². The number of hydrogen-bond donors (Lipinski definition) is 1. The molecule has 1 aliphatic rings. The smallest absolute Gasteiger partial charge is 0.254 e. The average Bonchev–Trinajstić information content (AvgIpc) is 2.86. The lowest BCUT2D eigenvalue weighted by atomic mass is 10.0. The third kappa shape index (κ3) is 12.8. The molecule has 8 nitrogen and oxygen atoms in total. The monoisotopic (exact) mass is 502 g/mol. The maximum Gasteiger partial charge on any atom is 0.254 e. The summed E-state index contributed by atoms with van der Waals surface area (Å²) in [5.41, 5.74) is 0. The summed E-state index contributed by atoms with van der Waals surface area (Å²) in [6.45, 7) is 13.6. The van der Waals surface area contributed by atoms with Gasteiger partial charge in [-0.15, -0.1) is 0 Å². The molecular weight excluding hydrogens is 448 g/mol. The number of nitrogens with zero attached hydrogens (tertiary/aromatic N) is 2. The lowest BCUT2D eigenvalue weighted by Crippen LogP contribution is -2.58. The molecular formula is C27H54N2O6. The first-order valence-corrected chi connectivity index (χ1v) is 14.1. The lowest BCUT2D eigenvalue weighted by Gasteiger charge is -2.39. The fourth-order valence-corrected chi connectivity index (χ4v) is 3.92. The summed E-state index contributed by atoms with van der Waals surface area (Å²) in [4.78, 5) is 17.9. The zero-order chi connectivity index (χ0) is 25.9. The number of unbranched alkanes of at least 4 members (excludes halogenated alkanes) is 4. The van der Waals surface area contributed by atoms with E-state index in [2.05, 4.69) is 39.6 Å². The fraction of sp³-hybridized carbons (Fsp3) is 0.963. The Morgan fingerprint density at radius 1 is 0.743 bits per heavy atom. The molecule has 0 aliphatic carbocycles. The molecule has 1 fully saturated rings. The van der Waals surface area contributed by atoms with Crippen LogP contribution in [-0.2, 0) is 23.7 Å². The molecule has 0 saturated carbocycles. The molecule has 1 rings (SSSR count). The Labute approximate surface area is 214 Å². The first-order chi connectivity index (χ1) is 17.0. The van der Waals surface area contributed by atoms with E-state index in [1.165, 1.54) is 0 Å². The Bertz CT molecular complexity index is 516. The maximum absolute atomic E-state index is 13.8. The number of piperazine rings is 1. The third-order valence-corrected chi connectivity index (χ3v) is 6.40. The highest BCUT2D eigenvalue weighted by Gasteiger charge is 2.42. The number of rotatable bonds is 21. The minimum Gasteiger partial charge on any atom is -0.388 e. The van der Waals surface area contributed by atoms with Crippen molar-refractivity contribution < 1.29 is 28.8 Å². The zero-order valence-electron chi connectivity index (χ0n) is 23.2. The van der Waals surface area contributed by atoms with Crippen LogP contribution in [0.5, 0.6) is 0 Å². The summed E-state index contributed by atoms with van der Waals surface area (Å²) in [5, 5.41) is 11.2. The third-order valence-electron chi connectivity index (χ3n) is 6.40. The van der Waals surface area contributed by atoms with Gasteiger partial charge in [0.05, 0.1) is 6.61 Å². The highest BCUT2D eigenvalue weighted by molar-refractivity contribution is 5.82. The van der Waals surface area contributed by atoms with Gasteiger partial charge in [0.2, 0.25) is 0 Å². The Kier molecular flexibility index (Phi) is 18.7. The van der Waals surface area contributed by atoms with Gasteiger partial charge in [0.1, 0.15) is 18.3 Å². The molecule has 208 valence electrons. The Morgan fingerprint density at radius 3 is 1.77 bits per heavy atom. The first-order valence-electron chi connectivity index (χ1n) is 14.1. The molecule has 0 aromatic rings. The maximum atomic E-state index is 13.8. The quantitative estimate of drug-likeness (QED) is 0.241. The second kappa shape index (κ2) is 20.3. The molecule has 8 heteroatoms. The van der Waals surface area contributed by atoms with Crippen LogP contribution in [0.4, 0.5) is 0 Å². The van der Waals surface area contributed by atoms with Crippen molar-refractivity contribution in [1.29, 1.82) is 0 Å². The Balaban J connectivity index is 3.15. The SMILES string of the molecule is CCCCOC[C@@H](O)[C@@H](OCCCC)[C@H](OCCCC)[C@@H](OCCCC)C(=O)N1CCN(C)CC1. The van der Waals surface area contributed by atoms with Gasteiger partial charge < -0.3 is 33.9 Å². The van der Waals surface area contributed by atoms with Gasteiger partial charge >= 0.3 is 0 Å². The van der Waals surface area contributed by atoms with Crippen LogP contribution in [0, 0.1) is 0 Å². The van der Waals surface area contributed by atoms with Crippen molar-refractivity contribution in [2.75, 3.05) is 66.3 Å². The van der Waals surface area contributed by atoms with Crippen LogP contribution in [0.25, 0.3) is 0 Å². The normalized spacial score (nSPS) is 18.4. The number of aliphatic hydroxyl groups excluding tert-OH is 1. The van der Waals surface area contributed by atoms with Crippen molar-refractivity contribution in [3.63, 3.8) is 0 Å². The first kappa shape index (κ1) is 32.3. The number of carbonyl (C=O) groups excluding carboxylic acids is 1. The molecule has 0 unspecified atom stereocenters. The van der Waals surface area contributed by atoms with E-state index < -0.39 is 24.4 Å². The molecule has 0 bridgehead atoms. The summed E-state index contributed by atoms with van der Waals surface area (Å²) >= 11 is 0. The molecule has 0 radical (unpaired) electrons. The van der Waals surface area contributed by atoms with Gasteiger partial charge in [-0.2, -0.15) is 0 Å². The second-order valence-electron chi connectivity index (χ2n) is 9.65. The molecule has 1 amide bonds. The molecule has 1 aliphatic heterocycles. The molecule has 0 aromatic carbocycles. The Morgan fingerprint density at radius 2 is 1.23 bits per heavy atom. The average molecular weight is 503 g/mol. The molecule has 4 atom stereocenters. The molecule has 0 spiro atoms. The predicted octanol–water partition coefficient (Wildman–Crippen LogP) is 3.49. The summed E-state index contributed by atoms with van der Waals surface area (Å²) in [7, 11) is 2.07. The predicted molar refractivity (Wildman–Crippen MR) is 140 cm³/mol. The largest absolute Gasteiger partial charge is 0.388 e. The fourth-order valence-electron chi connectivity index (χ4n) is 3.92. The summed E-state index contributed by atoms with van der Waals surface area (Å²) in [5.74, 6) is -0.0705. The van der Waals surface area contributed by atoms with E-state index in [1.54, 1.807) is 0 Å². The highest BCUT2D eigenvalue weighted by atomic mass is 16.6. The van der Waals surface area contributed by atoms with Crippen LogP contribution < -0.4 is 0 Å². The summed E-state index contributed by atoms with van der Waals surface area (Å²) in [6.07, 6.45) is 4.36. The number of aliphatic hydroxyl groups is 1. The van der Waals surface area contributed by atoms with Gasteiger partial charge in [-0.1, -0.05) is 53.4 Å². The Hall–Kier alpha value is -0.770. The van der Waals surface area contributed by atoms with Crippen molar-refractivity contribution in [2.45, 2.75) is 103 Å². The zero-order valence-corrected chi connectivity index (χ0v) is 23.2. The van der Waals surface area contributed by atoms with E-state index in [1.807, 2.05) is 4.90 Å². The second-order valence-corrected chi connectivity index (χ2v) is 9.65. The van der Waals surface area contributed by atoms with E-state index in [-0.39, 0.29) is 12.5 Å². The topological polar surface area (TPSA) is 80.7 Å². The van der Waals surface area contributed by atoms with Crippen LogP contribution in [0.2, 0.25) is 0 Å². The lowest BCUT2D eigenvalue weighted by molar-refractivity contribution is -0.190. The number of ether oxygens (including phenoxy) is 4. The van der Waals surface area contributed by atoms with Crippen LogP contribution in [0.15, 0.2) is 0 Å². The van der Waals surface area contributed by atoms with Crippen LogP contribution in [0.3, 0.4) is 0 Å². The van der Waals surface area contributed by atoms with E-state index >= 15 is 0 Å². The van der Waals surface area contributed by atoms with Crippen molar-refractivity contribution in [2.24, 2.45) is 0 Å². The molecule has 1 heterocycles. The van der Waals surface area contributed by atoms with E-state index in [0.29, 0.717) is 39.5 Å². The molecule has 0 aromatic heterocycles. The highest BCUT2D eigenvalue weighted by Crippen LogP contribution is 2.21. The van der Waals surface area contributed by atoms with Crippen molar-refractivity contribution in [1.82, 2.24) is 9.80 Å². The standard InChI is InChI=1S/C27H54N2O6/c1-6-10-18-32-22-23(30)24(33-19-11-7-2)25(34-20-12-8-3)26(35-21-13-9-4)27(31)29-16-14-28(5)15-17-29/h23-26,30H,6-22H2,1-5H3/t23-,24-,25+,26-/m1/s1. The number of likely N-dealkylation sites (N-methyl/N-ethyl adjacent to an activating group) is 1. The molecule has 1 saturated heterocycles. The number of carbonyl (C=O) groups is 1. The summed E-state index contributed by atoms with van der Waals surface area (Å²) < 4.78 is 24.5. The van der Waals surface area contributed by atoms with Gasteiger partial charge in [0, 0.05) is 52.6 Å². The minimum atomic E-state index is -0.909. The van der Waals surface area contributed by atoms with E-state index in [0.717, 1.165) is 64.5 Å². The number of hydrogen-bond acceptors (Lipinski definition) is 7. The van der Waals surface area contributed by atoms with E-state index in [9.17, 15) is 9.90 Å². The van der Waals surface area contributed by atoms with Crippen LogP contribution in [-0.4, -0.2) is 111 Å². The van der Waals surface area contributed by atoms with Crippen molar-refractivity contribution in [3.8, 4) is 0 Å². The van der Waals surface area contributed by atoms with Crippen molar-refractivity contribution >= 4 is 5.91 Å². The van der Waals surface area contributed by atoms with Gasteiger partial charge in [-0.25, -0.2) is 0 Å². The molecule has 35 heavy (non-hydrogen) atoms. The molecule has 1 N–H and O–H groups in total. The summed E-state index contributed by atoms with van der Waals surface area (Å²) in [6, 6.07) is 0. The van der Waals surface area contributed by atoms with Gasteiger partial charge in [0.15, 0.2) is 6.10 Å². The van der Waals surface area contributed by atoms with Crippen LogP contribution in [0.1, 0.15) is 79.1 Å². The van der Waals surface area contributed by atoms with Gasteiger partial charge in [0.25, 0.3) is 5.91 Å². The minimum absolute atomic E-state index is 0.0705. The van der Waals surface area contributed by atoms with E-state index in [4.69, 9.17) is 18.9 Å². The number of amides is 1. The van der Waals surface area contributed by atoms with Crippen molar-refractivity contribution in [3.05, 3.63) is 0 Å². The van der Waals surface area contributed by atoms with Gasteiger partial charge in [-0.05, 0) is 32.7 Å².